The molecule has 8 fully saturated rings. The number of hydrogen-bond donors (Lipinski definition) is 3. The van der Waals surface area contributed by atoms with Crippen LogP contribution in [0.1, 0.15) is 113 Å². The van der Waals surface area contributed by atoms with Crippen LogP contribution in [0.25, 0.3) is 0 Å². The lowest BCUT2D eigenvalue weighted by atomic mass is 9.41. The Balaban J connectivity index is 1.02. The van der Waals surface area contributed by atoms with E-state index < -0.39 is 29.9 Å². The zero-order valence-corrected chi connectivity index (χ0v) is 31.8. The molecule has 0 radical (unpaired) electrons. The molecular formula is C40H64N2O8. The van der Waals surface area contributed by atoms with Gasteiger partial charge in [0, 0.05) is 25.4 Å². The molecule has 282 valence electrons. The fourth-order valence-electron chi connectivity index (χ4n) is 14.7. The van der Waals surface area contributed by atoms with Gasteiger partial charge >= 0.3 is 5.97 Å². The molecule has 5 unspecified atom stereocenters. The van der Waals surface area contributed by atoms with Gasteiger partial charge in [0.2, 0.25) is 5.91 Å². The second kappa shape index (κ2) is 11.6. The van der Waals surface area contributed by atoms with E-state index in [4.69, 9.17) is 18.9 Å². The predicted octanol–water partition coefficient (Wildman–Crippen LogP) is 4.43. The van der Waals surface area contributed by atoms with Crippen LogP contribution in [0.5, 0.6) is 0 Å². The van der Waals surface area contributed by atoms with Crippen molar-refractivity contribution in [2.24, 2.45) is 50.7 Å². The van der Waals surface area contributed by atoms with E-state index in [9.17, 15) is 19.8 Å². The van der Waals surface area contributed by atoms with E-state index in [0.29, 0.717) is 31.4 Å². The van der Waals surface area contributed by atoms with Crippen molar-refractivity contribution in [2.75, 3.05) is 26.2 Å². The molecule has 8 aliphatic rings. The highest BCUT2D eigenvalue weighted by Crippen LogP contribution is 2.89. The summed E-state index contributed by atoms with van der Waals surface area (Å²) in [6.45, 7) is 19.5. The number of hydrogen-bond acceptors (Lipinski definition) is 9. The van der Waals surface area contributed by atoms with Crippen LogP contribution in [0, 0.1) is 50.7 Å². The average molecular weight is 701 g/mol. The Kier molecular flexibility index (Phi) is 8.29. The van der Waals surface area contributed by atoms with Crippen LogP contribution in [-0.2, 0) is 28.5 Å². The van der Waals surface area contributed by atoms with Gasteiger partial charge in [0.1, 0.15) is 0 Å². The topological polar surface area (TPSA) is 127 Å². The van der Waals surface area contributed by atoms with Crippen LogP contribution in [0.3, 0.4) is 0 Å². The van der Waals surface area contributed by atoms with Crippen LogP contribution >= 0.6 is 0 Å². The molecule has 3 heterocycles. The molecule has 50 heavy (non-hydrogen) atoms. The van der Waals surface area contributed by atoms with Crippen molar-refractivity contribution in [3.63, 3.8) is 0 Å². The maximum atomic E-state index is 12.6. The molecule has 0 bridgehead atoms. The van der Waals surface area contributed by atoms with Gasteiger partial charge < -0.3 is 34.5 Å². The number of carbonyl (C=O) groups excluding carboxylic acids is 2. The molecule has 3 aliphatic heterocycles. The number of nitrogens with zero attached hydrogens (tertiary/aromatic N) is 1. The minimum absolute atomic E-state index is 0.0132. The Morgan fingerprint density at radius 3 is 2.46 bits per heavy atom. The minimum Gasteiger partial charge on any atom is -0.457 e. The van der Waals surface area contributed by atoms with Gasteiger partial charge in [-0.3, -0.25) is 14.5 Å². The number of rotatable bonds is 6. The summed E-state index contributed by atoms with van der Waals surface area (Å²) in [4.78, 5) is 26.8. The van der Waals surface area contributed by atoms with Crippen LogP contribution in [0.2, 0.25) is 0 Å². The van der Waals surface area contributed by atoms with Crippen LogP contribution in [-0.4, -0.2) is 102 Å². The number of fused-ring (bicyclic) bond motifs is 4. The molecular weight excluding hydrogens is 636 g/mol. The number of ether oxygens (including phenoxy) is 4. The van der Waals surface area contributed by atoms with E-state index in [1.807, 2.05) is 0 Å². The third kappa shape index (κ3) is 4.79. The number of nitrogens with one attached hydrogen (secondary N) is 1. The summed E-state index contributed by atoms with van der Waals surface area (Å²) in [7, 11) is 0. The van der Waals surface area contributed by atoms with Gasteiger partial charge in [-0.2, -0.15) is 0 Å². The second-order valence-corrected chi connectivity index (χ2v) is 19.8. The first-order valence-corrected chi connectivity index (χ1v) is 19.9. The second-order valence-electron chi connectivity index (χ2n) is 19.8. The van der Waals surface area contributed by atoms with E-state index in [1.165, 1.54) is 19.8 Å². The maximum absolute atomic E-state index is 12.6. The fourth-order valence-corrected chi connectivity index (χ4v) is 14.7. The van der Waals surface area contributed by atoms with E-state index in [-0.39, 0.29) is 69.4 Å². The molecule has 10 heteroatoms. The predicted molar refractivity (Wildman–Crippen MR) is 186 cm³/mol. The van der Waals surface area contributed by atoms with Gasteiger partial charge in [-0.1, -0.05) is 34.6 Å². The molecule has 1 amide bonds. The minimum atomic E-state index is -1.26. The summed E-state index contributed by atoms with van der Waals surface area (Å²) in [5.41, 5.74) is -1.15. The first-order chi connectivity index (χ1) is 23.4. The quantitative estimate of drug-likeness (QED) is 0.345. The molecule has 2 spiro atoms. The van der Waals surface area contributed by atoms with Crippen molar-refractivity contribution in [2.45, 2.75) is 162 Å². The van der Waals surface area contributed by atoms with Gasteiger partial charge in [0.25, 0.3) is 0 Å². The zero-order chi connectivity index (χ0) is 35.8. The first-order valence-electron chi connectivity index (χ1n) is 19.9. The van der Waals surface area contributed by atoms with Crippen molar-refractivity contribution in [1.82, 2.24) is 10.2 Å². The number of aliphatic hydroxyl groups is 2. The summed E-state index contributed by atoms with van der Waals surface area (Å²) in [6, 6.07) is -0.0709. The Morgan fingerprint density at radius 2 is 1.78 bits per heavy atom. The standard InChI is InChI=1S/C40H64N2O8/c1-22-19-25(33(36(5,6)46)48-23(2)43)49-31-30(22)37(7)14-15-40-21-39(40)13-11-28(35(3,4)26(39)9-10-27(40)38(37,8)32(31)44)50-29-20-42(17-18-47-29)24-12-16-41-34(24)45/h22,24-33,44,46H,9-21H2,1-8H3,(H,41,45)/t22-,24-,25?,26+,27+,28+,29?,30?,31?,32+,33+,37-,38-,39-,40?/m1/s1. The van der Waals surface area contributed by atoms with Crippen molar-refractivity contribution in [1.29, 1.82) is 0 Å². The van der Waals surface area contributed by atoms with Gasteiger partial charge in [0.05, 0.1) is 49.2 Å². The van der Waals surface area contributed by atoms with Gasteiger partial charge in [-0.25, -0.2) is 0 Å². The zero-order valence-electron chi connectivity index (χ0n) is 31.8. The van der Waals surface area contributed by atoms with E-state index in [2.05, 4.69) is 44.8 Å². The van der Waals surface area contributed by atoms with E-state index in [0.717, 1.165) is 51.6 Å². The summed E-state index contributed by atoms with van der Waals surface area (Å²) < 4.78 is 25.6. The van der Waals surface area contributed by atoms with Crippen molar-refractivity contribution < 1.29 is 38.7 Å². The maximum Gasteiger partial charge on any atom is 0.303 e. The Hall–Kier alpha value is -1.30. The van der Waals surface area contributed by atoms with Crippen LogP contribution in [0.4, 0.5) is 0 Å². The summed E-state index contributed by atoms with van der Waals surface area (Å²) >= 11 is 0. The Morgan fingerprint density at radius 1 is 1.06 bits per heavy atom. The number of amides is 1. The summed E-state index contributed by atoms with van der Waals surface area (Å²) in [5, 5.41) is 26.6. The molecule has 0 aromatic heterocycles. The lowest BCUT2D eigenvalue weighted by Crippen LogP contribution is -2.60. The summed E-state index contributed by atoms with van der Waals surface area (Å²) in [5.74, 6) is 1.13. The fraction of sp³-hybridized carbons (Fsp3) is 0.950. The van der Waals surface area contributed by atoms with E-state index in [1.54, 1.807) is 13.8 Å². The molecule has 15 atom stereocenters. The monoisotopic (exact) mass is 700 g/mol. The Labute approximate surface area is 299 Å². The first kappa shape index (κ1) is 35.7. The number of aliphatic hydroxyl groups excluding tert-OH is 1. The molecule has 0 aromatic rings. The molecule has 5 aliphatic carbocycles. The van der Waals surface area contributed by atoms with E-state index >= 15 is 0 Å². The summed E-state index contributed by atoms with van der Waals surface area (Å²) in [6.07, 6.45) is 7.04. The lowest BCUT2D eigenvalue weighted by Gasteiger charge is -2.64. The molecule has 3 N–H and O–H groups in total. The van der Waals surface area contributed by atoms with Gasteiger partial charge in [-0.05, 0) is 117 Å². The Bertz CT molecular complexity index is 1380. The third-order valence-corrected chi connectivity index (χ3v) is 16.9. The van der Waals surface area contributed by atoms with Crippen LogP contribution in [0.15, 0.2) is 0 Å². The molecule has 3 saturated heterocycles. The molecule has 5 saturated carbocycles. The lowest BCUT2D eigenvalue weighted by molar-refractivity contribution is -0.250. The number of morpholine rings is 1. The smallest absolute Gasteiger partial charge is 0.303 e. The molecule has 10 nitrogen and oxygen atoms in total. The molecule has 8 rings (SSSR count). The average Bonchev–Trinajstić information content (AvgIpc) is 3.44. The van der Waals surface area contributed by atoms with Gasteiger partial charge in [-0.15, -0.1) is 0 Å². The third-order valence-electron chi connectivity index (χ3n) is 16.9. The normalized spacial score (nSPS) is 51.7. The van der Waals surface area contributed by atoms with Crippen molar-refractivity contribution in [3.8, 4) is 0 Å². The number of esters is 1. The number of carbonyl (C=O) groups is 2. The highest BCUT2D eigenvalue weighted by atomic mass is 16.7. The molecule has 0 aromatic carbocycles. The van der Waals surface area contributed by atoms with Gasteiger partial charge in [0.15, 0.2) is 12.4 Å². The van der Waals surface area contributed by atoms with Crippen molar-refractivity contribution >= 4 is 11.9 Å². The SMILES string of the molecule is CC(=O)O[C@@H](C1C[C@@H](C)C2C(O1)[C@H](O)[C@@]1(C)[C@@H]3CC[C@H]4C(C)(C)[C@@H](OC5CN([C@@H]6CCNC6=O)CCO5)CC[C@@]45CC35CC[C@]21C)C(C)(C)O. The highest BCUT2D eigenvalue weighted by Gasteiger charge is 2.84. The van der Waals surface area contributed by atoms with Crippen LogP contribution < -0.4 is 5.32 Å². The highest BCUT2D eigenvalue weighted by molar-refractivity contribution is 5.83. The van der Waals surface area contributed by atoms with Crippen molar-refractivity contribution in [3.05, 3.63) is 0 Å². The largest absolute Gasteiger partial charge is 0.457 e.